The molecular weight excluding hydrogens is 248 g/mol. The Morgan fingerprint density at radius 2 is 2.21 bits per heavy atom. The quantitative estimate of drug-likeness (QED) is 0.842. The summed E-state index contributed by atoms with van der Waals surface area (Å²) in [7, 11) is 0. The van der Waals surface area contributed by atoms with Crippen LogP contribution in [0.15, 0.2) is 10.5 Å². The van der Waals surface area contributed by atoms with Gasteiger partial charge in [0.25, 0.3) is 0 Å². The maximum absolute atomic E-state index is 9.59. The van der Waals surface area contributed by atoms with Crippen molar-refractivity contribution >= 4 is 15.9 Å². The summed E-state index contributed by atoms with van der Waals surface area (Å²) in [6.07, 6.45) is -0.515. The molecule has 0 aromatic heterocycles. The lowest BCUT2D eigenvalue weighted by Gasteiger charge is -2.13. The van der Waals surface area contributed by atoms with Crippen LogP contribution in [0.5, 0.6) is 11.5 Å². The maximum Gasteiger partial charge on any atom is 0.231 e. The molecule has 1 unspecified atom stereocenters. The van der Waals surface area contributed by atoms with E-state index in [0.717, 1.165) is 21.3 Å². The van der Waals surface area contributed by atoms with Gasteiger partial charge in [-0.3, -0.25) is 0 Å². The largest absolute Gasteiger partial charge is 0.454 e. The Kier molecular flexibility index (Phi) is 2.41. The van der Waals surface area contributed by atoms with Crippen molar-refractivity contribution in [2.24, 2.45) is 0 Å². The topological polar surface area (TPSA) is 38.7 Å². The summed E-state index contributed by atoms with van der Waals surface area (Å²) in [5, 5.41) is 9.59. The number of aliphatic hydroxyl groups excluding tert-OH is 1. The standard InChI is InChI=1S/C10H11BrO3/c1-5-3-7-10(14-4-13-7)9(11)8(5)6(2)12/h3,6,12H,4H2,1-2H3. The Labute approximate surface area is 90.8 Å². The second kappa shape index (κ2) is 3.44. The van der Waals surface area contributed by atoms with Crippen LogP contribution in [0.3, 0.4) is 0 Å². The maximum atomic E-state index is 9.59. The van der Waals surface area contributed by atoms with Crippen molar-refractivity contribution in [2.75, 3.05) is 6.79 Å². The van der Waals surface area contributed by atoms with Crippen LogP contribution in [0.2, 0.25) is 0 Å². The van der Waals surface area contributed by atoms with Crippen molar-refractivity contribution in [3.05, 3.63) is 21.7 Å². The van der Waals surface area contributed by atoms with Gasteiger partial charge in [-0.2, -0.15) is 0 Å². The molecule has 4 heteroatoms. The van der Waals surface area contributed by atoms with Crippen molar-refractivity contribution in [2.45, 2.75) is 20.0 Å². The third-order valence-electron chi connectivity index (χ3n) is 2.27. The molecule has 0 bridgehead atoms. The van der Waals surface area contributed by atoms with Gasteiger partial charge in [-0.05, 0) is 41.4 Å². The van der Waals surface area contributed by atoms with Crippen LogP contribution in [0.1, 0.15) is 24.2 Å². The second-order valence-electron chi connectivity index (χ2n) is 3.33. The minimum atomic E-state index is -0.515. The monoisotopic (exact) mass is 258 g/mol. The van der Waals surface area contributed by atoms with Crippen molar-refractivity contribution in [3.63, 3.8) is 0 Å². The summed E-state index contributed by atoms with van der Waals surface area (Å²) < 4.78 is 11.3. The first kappa shape index (κ1) is 9.80. The van der Waals surface area contributed by atoms with Gasteiger partial charge in [0.2, 0.25) is 6.79 Å². The molecule has 0 spiro atoms. The fourth-order valence-electron chi connectivity index (χ4n) is 1.65. The molecule has 0 fully saturated rings. The molecule has 14 heavy (non-hydrogen) atoms. The number of benzene rings is 1. The van der Waals surface area contributed by atoms with Crippen molar-refractivity contribution in [3.8, 4) is 11.5 Å². The lowest BCUT2D eigenvalue weighted by atomic mass is 10.0. The number of rotatable bonds is 1. The summed E-state index contributed by atoms with van der Waals surface area (Å²) in [6, 6.07) is 1.88. The van der Waals surface area contributed by atoms with Gasteiger partial charge in [-0.25, -0.2) is 0 Å². The van der Waals surface area contributed by atoms with Crippen LogP contribution in [0.4, 0.5) is 0 Å². The van der Waals surface area contributed by atoms with Crippen LogP contribution in [-0.2, 0) is 0 Å². The summed E-state index contributed by atoms with van der Waals surface area (Å²) in [4.78, 5) is 0. The predicted molar refractivity (Wildman–Crippen MR) is 55.6 cm³/mol. The first-order chi connectivity index (χ1) is 6.61. The van der Waals surface area contributed by atoms with E-state index in [2.05, 4.69) is 15.9 Å². The molecule has 1 N–H and O–H groups in total. The first-order valence-corrected chi connectivity index (χ1v) is 5.17. The zero-order valence-corrected chi connectivity index (χ0v) is 9.59. The van der Waals surface area contributed by atoms with E-state index >= 15 is 0 Å². The Morgan fingerprint density at radius 3 is 2.86 bits per heavy atom. The molecule has 0 saturated heterocycles. The molecule has 2 rings (SSSR count). The van der Waals surface area contributed by atoms with Crippen molar-refractivity contribution in [1.82, 2.24) is 0 Å². The zero-order valence-electron chi connectivity index (χ0n) is 8.00. The smallest absolute Gasteiger partial charge is 0.231 e. The van der Waals surface area contributed by atoms with E-state index in [1.54, 1.807) is 6.92 Å². The summed E-state index contributed by atoms with van der Waals surface area (Å²) in [5.74, 6) is 1.42. The highest BCUT2D eigenvalue weighted by Crippen LogP contribution is 2.44. The molecule has 0 radical (unpaired) electrons. The lowest BCUT2D eigenvalue weighted by Crippen LogP contribution is -1.97. The Bertz CT molecular complexity index is 374. The van der Waals surface area contributed by atoms with E-state index in [1.165, 1.54) is 0 Å². The fourth-order valence-corrected chi connectivity index (χ4v) is 2.60. The summed E-state index contributed by atoms with van der Waals surface area (Å²) in [6.45, 7) is 3.92. The number of hydrogen-bond donors (Lipinski definition) is 1. The van der Waals surface area contributed by atoms with Gasteiger partial charge >= 0.3 is 0 Å². The molecule has 3 nitrogen and oxygen atoms in total. The van der Waals surface area contributed by atoms with Crippen LogP contribution in [-0.4, -0.2) is 11.9 Å². The molecular formula is C10H11BrO3. The van der Waals surface area contributed by atoms with Crippen molar-refractivity contribution < 1.29 is 14.6 Å². The van der Waals surface area contributed by atoms with Gasteiger partial charge in [0.1, 0.15) is 0 Å². The van der Waals surface area contributed by atoms with E-state index in [4.69, 9.17) is 9.47 Å². The molecule has 1 aromatic rings. The highest BCUT2D eigenvalue weighted by Gasteiger charge is 2.23. The highest BCUT2D eigenvalue weighted by atomic mass is 79.9. The fraction of sp³-hybridized carbons (Fsp3) is 0.400. The number of aryl methyl sites for hydroxylation is 1. The van der Waals surface area contributed by atoms with Crippen LogP contribution in [0.25, 0.3) is 0 Å². The number of fused-ring (bicyclic) bond motifs is 1. The molecule has 1 heterocycles. The van der Waals surface area contributed by atoms with E-state index in [0.29, 0.717) is 5.75 Å². The van der Waals surface area contributed by atoms with E-state index in [9.17, 15) is 5.11 Å². The average molecular weight is 259 g/mol. The van der Waals surface area contributed by atoms with E-state index < -0.39 is 6.10 Å². The van der Waals surface area contributed by atoms with Crippen LogP contribution >= 0.6 is 15.9 Å². The van der Waals surface area contributed by atoms with Crippen LogP contribution in [0, 0.1) is 6.92 Å². The summed E-state index contributed by atoms with van der Waals surface area (Å²) >= 11 is 3.42. The normalized spacial score (nSPS) is 15.7. The molecule has 0 amide bonds. The third-order valence-corrected chi connectivity index (χ3v) is 3.05. The zero-order chi connectivity index (χ0) is 10.3. The highest BCUT2D eigenvalue weighted by molar-refractivity contribution is 9.10. The molecule has 1 aliphatic rings. The van der Waals surface area contributed by atoms with Crippen molar-refractivity contribution in [1.29, 1.82) is 0 Å². The summed E-state index contributed by atoms with van der Waals surface area (Å²) in [5.41, 5.74) is 1.85. The van der Waals surface area contributed by atoms with Gasteiger partial charge in [-0.15, -0.1) is 0 Å². The molecule has 76 valence electrons. The molecule has 0 saturated carbocycles. The first-order valence-electron chi connectivity index (χ1n) is 4.38. The molecule has 1 aromatic carbocycles. The van der Waals surface area contributed by atoms with E-state index in [-0.39, 0.29) is 6.79 Å². The number of ether oxygens (including phenoxy) is 2. The molecule has 1 atom stereocenters. The number of aliphatic hydroxyl groups is 1. The molecule has 1 aliphatic heterocycles. The number of halogens is 1. The molecule has 0 aliphatic carbocycles. The SMILES string of the molecule is Cc1cc2c(c(Br)c1C(C)O)OCO2. The Morgan fingerprint density at radius 1 is 1.50 bits per heavy atom. The predicted octanol–water partition coefficient (Wildman–Crippen LogP) is 2.54. The van der Waals surface area contributed by atoms with Gasteiger partial charge in [0, 0.05) is 5.56 Å². The Balaban J connectivity index is 2.62. The minimum Gasteiger partial charge on any atom is -0.454 e. The minimum absolute atomic E-state index is 0.247. The van der Waals surface area contributed by atoms with Gasteiger partial charge in [-0.1, -0.05) is 0 Å². The third kappa shape index (κ3) is 1.38. The lowest BCUT2D eigenvalue weighted by molar-refractivity contribution is 0.172. The van der Waals surface area contributed by atoms with E-state index in [1.807, 2.05) is 13.0 Å². The van der Waals surface area contributed by atoms with Gasteiger partial charge in [0.15, 0.2) is 11.5 Å². The van der Waals surface area contributed by atoms with Gasteiger partial charge < -0.3 is 14.6 Å². The second-order valence-corrected chi connectivity index (χ2v) is 4.12. The van der Waals surface area contributed by atoms with Gasteiger partial charge in [0.05, 0.1) is 10.6 Å². The van der Waals surface area contributed by atoms with Crippen LogP contribution < -0.4 is 9.47 Å². The average Bonchev–Trinajstić information content (AvgIpc) is 2.50. The number of hydrogen-bond acceptors (Lipinski definition) is 3. The Hall–Kier alpha value is -0.740.